The molecule has 0 aliphatic carbocycles. The maximum atomic E-state index is 15.9. The van der Waals surface area contributed by atoms with Crippen LogP contribution >= 0.6 is 0 Å². The number of benzene rings is 3. The van der Waals surface area contributed by atoms with Crippen molar-refractivity contribution >= 4 is 22.6 Å². The van der Waals surface area contributed by atoms with Gasteiger partial charge in [-0.05, 0) is 55.7 Å². The molecular formula is C29H26F4N2O. The molecule has 1 amide bonds. The minimum Gasteiger partial charge on any atom is -0.369 e. The Morgan fingerprint density at radius 2 is 1.53 bits per heavy atom. The highest BCUT2D eigenvalue weighted by Crippen LogP contribution is 2.41. The van der Waals surface area contributed by atoms with Gasteiger partial charge in [-0.1, -0.05) is 60.7 Å². The fourth-order valence-electron chi connectivity index (χ4n) is 4.22. The maximum absolute atomic E-state index is 15.9. The smallest absolute Gasteiger partial charge is 0.369 e. The molecule has 0 saturated heterocycles. The Balaban J connectivity index is 1.95. The van der Waals surface area contributed by atoms with Gasteiger partial charge in [-0.2, -0.15) is 13.2 Å². The van der Waals surface area contributed by atoms with Gasteiger partial charge in [0.25, 0.3) is 0 Å². The van der Waals surface area contributed by atoms with E-state index in [4.69, 9.17) is 5.73 Å². The van der Waals surface area contributed by atoms with E-state index in [1.807, 2.05) is 30.3 Å². The molecule has 3 aromatic carbocycles. The number of amides is 1. The quantitative estimate of drug-likeness (QED) is 0.268. The summed E-state index contributed by atoms with van der Waals surface area (Å²) < 4.78 is 57.4. The molecule has 0 spiro atoms. The van der Waals surface area contributed by atoms with Gasteiger partial charge in [-0.15, -0.1) is 0 Å². The Hall–Kier alpha value is -3.87. The number of fused-ring (bicyclic) bond motifs is 1. The summed E-state index contributed by atoms with van der Waals surface area (Å²) in [5, 5.41) is 0.592. The zero-order valence-corrected chi connectivity index (χ0v) is 19.9. The zero-order chi connectivity index (χ0) is 26.1. The number of para-hydroxylation sites is 1. The van der Waals surface area contributed by atoms with Crippen LogP contribution in [0.3, 0.4) is 0 Å². The summed E-state index contributed by atoms with van der Waals surface area (Å²) in [6.07, 6.45) is -2.69. The Labute approximate surface area is 206 Å². The largest absolute Gasteiger partial charge is 0.416 e. The molecule has 7 heteroatoms. The van der Waals surface area contributed by atoms with E-state index in [1.54, 1.807) is 42.7 Å². The summed E-state index contributed by atoms with van der Waals surface area (Å²) in [7, 11) is 0. The van der Waals surface area contributed by atoms with Crippen LogP contribution < -0.4 is 5.73 Å². The minimum absolute atomic E-state index is 0.116. The molecule has 4 rings (SSSR count). The van der Waals surface area contributed by atoms with Crippen LogP contribution in [0.25, 0.3) is 28.0 Å². The van der Waals surface area contributed by atoms with Gasteiger partial charge in [-0.25, -0.2) is 4.39 Å². The minimum atomic E-state index is -4.50. The van der Waals surface area contributed by atoms with Crippen LogP contribution in [-0.2, 0) is 23.9 Å². The number of alkyl halides is 3. The highest BCUT2D eigenvalue weighted by Gasteiger charge is 2.32. The molecule has 2 N–H and O–H groups in total. The number of hydrogen-bond donors (Lipinski definition) is 1. The van der Waals surface area contributed by atoms with Crippen LogP contribution in [0.2, 0.25) is 0 Å². The lowest BCUT2D eigenvalue weighted by Gasteiger charge is -2.24. The van der Waals surface area contributed by atoms with E-state index in [0.717, 1.165) is 17.7 Å². The molecule has 1 aromatic heterocycles. The average Bonchev–Trinajstić information content (AvgIpc) is 3.16. The fraction of sp³-hybridized carbons (Fsp3) is 0.207. The van der Waals surface area contributed by atoms with Crippen molar-refractivity contribution in [3.05, 3.63) is 102 Å². The summed E-state index contributed by atoms with van der Waals surface area (Å²) in [5.41, 5.74) is 6.47. The molecule has 186 valence electrons. The first-order valence-corrected chi connectivity index (χ1v) is 11.5. The topological polar surface area (TPSA) is 48.0 Å². The molecule has 0 fully saturated rings. The molecule has 0 unspecified atom stereocenters. The van der Waals surface area contributed by atoms with Crippen molar-refractivity contribution in [3.8, 4) is 11.3 Å². The molecule has 0 aliphatic rings. The predicted molar refractivity (Wildman–Crippen MR) is 135 cm³/mol. The van der Waals surface area contributed by atoms with Gasteiger partial charge < -0.3 is 10.3 Å². The number of halogens is 4. The second-order valence-electron chi connectivity index (χ2n) is 9.39. The molecule has 0 atom stereocenters. The predicted octanol–water partition coefficient (Wildman–Crippen LogP) is 7.39. The van der Waals surface area contributed by atoms with E-state index in [0.29, 0.717) is 28.6 Å². The van der Waals surface area contributed by atoms with Crippen molar-refractivity contribution in [2.24, 2.45) is 11.1 Å². The van der Waals surface area contributed by atoms with E-state index in [1.165, 1.54) is 18.2 Å². The van der Waals surface area contributed by atoms with E-state index in [-0.39, 0.29) is 12.1 Å². The first-order chi connectivity index (χ1) is 17.0. The summed E-state index contributed by atoms with van der Waals surface area (Å²) in [5.74, 6) is -1.04. The summed E-state index contributed by atoms with van der Waals surface area (Å²) in [6.45, 7) is 3.48. The van der Waals surface area contributed by atoms with Gasteiger partial charge in [0, 0.05) is 23.0 Å². The van der Waals surface area contributed by atoms with Gasteiger partial charge >= 0.3 is 6.18 Å². The lowest BCUT2D eigenvalue weighted by Crippen LogP contribution is -2.35. The average molecular weight is 495 g/mol. The van der Waals surface area contributed by atoms with Crippen LogP contribution in [0.5, 0.6) is 0 Å². The highest BCUT2D eigenvalue weighted by molar-refractivity contribution is 6.00. The van der Waals surface area contributed by atoms with Crippen molar-refractivity contribution in [2.75, 3.05) is 0 Å². The van der Waals surface area contributed by atoms with Gasteiger partial charge in [0.15, 0.2) is 0 Å². The Morgan fingerprint density at radius 3 is 2.14 bits per heavy atom. The number of hydrogen-bond acceptors (Lipinski definition) is 1. The lowest BCUT2D eigenvalue weighted by atomic mass is 9.92. The van der Waals surface area contributed by atoms with Crippen LogP contribution in [0, 0.1) is 5.41 Å². The molecule has 1 heterocycles. The van der Waals surface area contributed by atoms with E-state index >= 15 is 4.39 Å². The van der Waals surface area contributed by atoms with Gasteiger partial charge in [0.2, 0.25) is 5.91 Å². The van der Waals surface area contributed by atoms with E-state index in [9.17, 15) is 18.0 Å². The Morgan fingerprint density at radius 1 is 0.917 bits per heavy atom. The van der Waals surface area contributed by atoms with Gasteiger partial charge in [-0.3, -0.25) is 4.79 Å². The lowest BCUT2D eigenvalue weighted by molar-refractivity contribution is -0.137. The number of carbonyl (C=O) groups excluding carboxylic acids is 1. The van der Waals surface area contributed by atoms with Crippen molar-refractivity contribution in [3.63, 3.8) is 0 Å². The molecule has 4 aromatic rings. The summed E-state index contributed by atoms with van der Waals surface area (Å²) in [6, 6.07) is 21.1. The molecule has 0 aliphatic heterocycles. The molecule has 0 radical (unpaired) electrons. The fourth-order valence-corrected chi connectivity index (χ4v) is 4.22. The Kier molecular flexibility index (Phi) is 6.76. The SMILES string of the molecule is CC(C)(Cn1c(-c2ccc(C(F)(F)F)cc2)c(/C(F)=C/Cc2ccccc2)c2ccccc21)C(N)=O. The van der Waals surface area contributed by atoms with E-state index < -0.39 is 28.9 Å². The van der Waals surface area contributed by atoms with Crippen LogP contribution in [0.15, 0.2) is 84.9 Å². The molecule has 3 nitrogen and oxygen atoms in total. The standard InChI is InChI=1S/C29H26F4N2O/c1-28(2,27(34)36)18-35-24-11-7-6-10-22(24)25(23(30)17-12-19-8-4-3-5-9-19)26(35)20-13-15-21(16-14-20)29(31,32)33/h3-11,13-17H,12,18H2,1-2H3,(H2,34,36)/b23-17-. The molecular weight excluding hydrogens is 468 g/mol. The first-order valence-electron chi connectivity index (χ1n) is 11.5. The summed E-state index contributed by atoms with van der Waals surface area (Å²) in [4.78, 5) is 12.2. The summed E-state index contributed by atoms with van der Waals surface area (Å²) >= 11 is 0. The third kappa shape index (κ3) is 5.05. The van der Waals surface area contributed by atoms with Gasteiger partial charge in [0.05, 0.1) is 16.7 Å². The van der Waals surface area contributed by atoms with Crippen molar-refractivity contribution in [2.45, 2.75) is 33.0 Å². The second kappa shape index (κ2) is 9.64. The van der Waals surface area contributed by atoms with Crippen LogP contribution in [0.1, 0.15) is 30.5 Å². The second-order valence-corrected chi connectivity index (χ2v) is 9.39. The molecule has 36 heavy (non-hydrogen) atoms. The number of primary amides is 1. The molecule has 0 saturated carbocycles. The third-order valence-electron chi connectivity index (χ3n) is 6.28. The molecule has 0 bridgehead atoms. The third-order valence-corrected chi connectivity index (χ3v) is 6.28. The number of allylic oxidation sites excluding steroid dienone is 1. The van der Waals surface area contributed by atoms with E-state index in [2.05, 4.69) is 0 Å². The van der Waals surface area contributed by atoms with Gasteiger partial charge in [0.1, 0.15) is 5.83 Å². The number of carbonyl (C=O) groups is 1. The van der Waals surface area contributed by atoms with Crippen LogP contribution in [0.4, 0.5) is 17.6 Å². The highest BCUT2D eigenvalue weighted by atomic mass is 19.4. The zero-order valence-electron chi connectivity index (χ0n) is 19.9. The van der Waals surface area contributed by atoms with Crippen molar-refractivity contribution in [1.82, 2.24) is 4.57 Å². The number of rotatable bonds is 7. The number of aromatic nitrogens is 1. The van der Waals surface area contributed by atoms with Crippen LogP contribution in [-0.4, -0.2) is 10.5 Å². The Bertz CT molecular complexity index is 1420. The van der Waals surface area contributed by atoms with Crippen molar-refractivity contribution < 1.29 is 22.4 Å². The van der Waals surface area contributed by atoms with Crippen molar-refractivity contribution in [1.29, 1.82) is 0 Å². The maximum Gasteiger partial charge on any atom is 0.416 e. The normalized spacial score (nSPS) is 12.8. The number of nitrogens with zero attached hydrogens (tertiary/aromatic N) is 1. The monoisotopic (exact) mass is 494 g/mol. The number of nitrogens with two attached hydrogens (primary N) is 1. The first kappa shape index (κ1) is 25.2.